The fraction of sp³-hybridized carbons (Fsp3) is 0.217. The summed E-state index contributed by atoms with van der Waals surface area (Å²) in [5, 5.41) is 13.2. The lowest BCUT2D eigenvalue weighted by molar-refractivity contribution is -0.128. The Balaban J connectivity index is 0.893. The number of likely N-dealkylation sites (tertiary alicyclic amines) is 1. The van der Waals surface area contributed by atoms with Gasteiger partial charge in [0.05, 0.1) is 36.9 Å². The summed E-state index contributed by atoms with van der Waals surface area (Å²) in [6.45, 7) is 4.49. The molecule has 71 heavy (non-hydrogen) atoms. The normalized spacial score (nSPS) is 13.5. The van der Waals surface area contributed by atoms with Gasteiger partial charge in [0.25, 0.3) is 0 Å². The van der Waals surface area contributed by atoms with E-state index in [1.54, 1.807) is 50.6 Å². The van der Waals surface area contributed by atoms with Crippen molar-refractivity contribution in [3.8, 4) is 45.9 Å². The average molecular weight is 967 g/mol. The van der Waals surface area contributed by atoms with Crippen molar-refractivity contribution in [2.75, 3.05) is 20.8 Å². The van der Waals surface area contributed by atoms with Crippen LogP contribution >= 0.6 is 11.6 Å². The summed E-state index contributed by atoms with van der Waals surface area (Å²) in [4.78, 5) is 28.9. The number of ether oxygens (including phenoxy) is 5. The first-order chi connectivity index (χ1) is 34.7. The van der Waals surface area contributed by atoms with Gasteiger partial charge in [0, 0.05) is 30.3 Å². The molecular weight excluding hydrogens is 910 g/mol. The van der Waals surface area contributed by atoms with E-state index in [1.807, 2.05) is 97.1 Å². The van der Waals surface area contributed by atoms with Crippen LogP contribution in [0, 0.1) is 18.3 Å². The van der Waals surface area contributed by atoms with Crippen molar-refractivity contribution in [2.45, 2.75) is 65.1 Å². The Morgan fingerprint density at radius 3 is 2.23 bits per heavy atom. The van der Waals surface area contributed by atoms with Crippen LogP contribution in [0.1, 0.15) is 74.1 Å². The van der Waals surface area contributed by atoms with Gasteiger partial charge in [-0.25, -0.2) is 0 Å². The topological polar surface area (TPSA) is 119 Å². The Hall–Kier alpha value is -7.84. The number of methoxy groups -OCH3 is 2. The third kappa shape index (κ3) is 13.1. The second-order valence-corrected chi connectivity index (χ2v) is 17.8. The van der Waals surface area contributed by atoms with Crippen LogP contribution in [-0.4, -0.2) is 43.4 Å². The van der Waals surface area contributed by atoms with E-state index in [-0.39, 0.29) is 24.3 Å². The molecule has 1 amide bonds. The van der Waals surface area contributed by atoms with Crippen LogP contribution < -0.4 is 29.0 Å². The van der Waals surface area contributed by atoms with Crippen molar-refractivity contribution in [1.29, 1.82) is 5.26 Å². The summed E-state index contributed by atoms with van der Waals surface area (Å²) in [6, 6.07) is 49.9. The highest BCUT2D eigenvalue weighted by Crippen LogP contribution is 2.37. The minimum atomic E-state index is -0.350. The second-order valence-electron chi connectivity index (χ2n) is 17.4. The van der Waals surface area contributed by atoms with Crippen LogP contribution in [-0.2, 0) is 37.7 Å². The van der Waals surface area contributed by atoms with Gasteiger partial charge >= 0.3 is 0 Å². The van der Waals surface area contributed by atoms with Crippen LogP contribution in [0.3, 0.4) is 0 Å². The van der Waals surface area contributed by atoms with Crippen LogP contribution in [0.5, 0.6) is 28.7 Å². The SMILES string of the molecule is COc1ccc(C(=O)/C=C/c2ccc(OCc3ccc(CNC(=O)C4CCCCN4Cc4cc(Cl)c(OCc5cccc(-c6ccccc6)c5C)cc4OCc4cccc(C#N)c4)cc3)c(OC)c2)cc1. The van der Waals surface area contributed by atoms with E-state index in [0.717, 1.165) is 75.9 Å². The Bertz CT molecular complexity index is 3020. The maximum Gasteiger partial charge on any atom is 0.237 e. The third-order valence-corrected chi connectivity index (χ3v) is 12.9. The van der Waals surface area contributed by atoms with E-state index >= 15 is 0 Å². The van der Waals surface area contributed by atoms with E-state index in [4.69, 9.17) is 35.3 Å². The lowest BCUT2D eigenvalue weighted by atomic mass is 9.97. The number of nitriles is 1. The van der Waals surface area contributed by atoms with Crippen molar-refractivity contribution in [2.24, 2.45) is 0 Å². The highest BCUT2D eigenvalue weighted by molar-refractivity contribution is 6.32. The van der Waals surface area contributed by atoms with E-state index in [1.165, 1.54) is 6.08 Å². The lowest BCUT2D eigenvalue weighted by Gasteiger charge is -2.35. The number of rotatable bonds is 20. The standard InChI is InChI=1S/C60H56ClN3O7/c1-41-49(15-10-16-52(41)47-13-5-4-6-14-47)40-71-58-34-57(70-39-46-12-9-11-45(31-46)35-62)50(33-53(58)61)37-64-30-8-7-17-54(64)60(66)63-36-43-18-20-44(21-19-43)38-69-56-29-23-42(32-59(56)68-3)22-28-55(65)48-24-26-51(67-2)27-25-48/h4-6,9-16,18-29,31-34,54H,7-8,17,30,36-40H2,1-3H3,(H,63,66)/b28-22+. The highest BCUT2D eigenvalue weighted by atomic mass is 35.5. The highest BCUT2D eigenvalue weighted by Gasteiger charge is 2.30. The predicted octanol–water partition coefficient (Wildman–Crippen LogP) is 12.5. The summed E-state index contributed by atoms with van der Waals surface area (Å²) in [5.74, 6) is 2.74. The maximum atomic E-state index is 14.0. The summed E-state index contributed by atoms with van der Waals surface area (Å²) >= 11 is 7.01. The molecule has 1 fully saturated rings. The molecule has 7 aromatic carbocycles. The van der Waals surface area contributed by atoms with Gasteiger partial charge in [0.1, 0.15) is 37.1 Å². The first kappa shape index (κ1) is 49.6. The van der Waals surface area contributed by atoms with Gasteiger partial charge in [-0.3, -0.25) is 14.5 Å². The minimum Gasteiger partial charge on any atom is -0.497 e. The zero-order valence-corrected chi connectivity index (χ0v) is 40.9. The average Bonchev–Trinajstić information content (AvgIpc) is 3.41. The molecule has 0 spiro atoms. The number of benzene rings is 7. The molecule has 1 aliphatic rings. The minimum absolute atomic E-state index is 0.0393. The van der Waals surface area contributed by atoms with Gasteiger partial charge in [-0.15, -0.1) is 0 Å². The monoisotopic (exact) mass is 965 g/mol. The number of hydrogen-bond acceptors (Lipinski definition) is 9. The summed E-state index contributed by atoms with van der Waals surface area (Å²) in [6.07, 6.45) is 5.89. The number of nitrogens with one attached hydrogen (secondary N) is 1. The molecule has 1 saturated heterocycles. The number of hydrogen-bond donors (Lipinski definition) is 1. The molecule has 0 bridgehead atoms. The Labute approximate surface area is 421 Å². The Morgan fingerprint density at radius 2 is 1.45 bits per heavy atom. The third-order valence-electron chi connectivity index (χ3n) is 12.6. The van der Waals surface area contributed by atoms with Crippen molar-refractivity contribution in [1.82, 2.24) is 10.2 Å². The number of amides is 1. The molecule has 1 atom stereocenters. The van der Waals surface area contributed by atoms with Crippen LogP contribution in [0.15, 0.2) is 158 Å². The molecule has 1 aliphatic heterocycles. The largest absolute Gasteiger partial charge is 0.497 e. The number of allylic oxidation sites excluding steroid dienone is 1. The summed E-state index contributed by atoms with van der Waals surface area (Å²) in [5.41, 5.74) is 9.97. The van der Waals surface area contributed by atoms with Gasteiger partial charge in [0.15, 0.2) is 17.3 Å². The van der Waals surface area contributed by atoms with Gasteiger partial charge in [-0.05, 0) is 131 Å². The molecule has 0 radical (unpaired) electrons. The quantitative estimate of drug-likeness (QED) is 0.0588. The van der Waals surface area contributed by atoms with E-state index in [2.05, 4.69) is 47.5 Å². The number of carbonyl (C=O) groups is 2. The number of ketones is 1. The van der Waals surface area contributed by atoms with Gasteiger partial charge < -0.3 is 29.0 Å². The molecule has 1 heterocycles. The van der Waals surface area contributed by atoms with E-state index < -0.39 is 0 Å². The molecule has 0 saturated carbocycles. The fourth-order valence-corrected chi connectivity index (χ4v) is 8.85. The molecule has 8 rings (SSSR count). The Kier molecular flexibility index (Phi) is 16.9. The van der Waals surface area contributed by atoms with Crippen molar-refractivity contribution >= 4 is 29.4 Å². The van der Waals surface area contributed by atoms with Crippen molar-refractivity contribution in [3.63, 3.8) is 0 Å². The molecule has 1 unspecified atom stereocenters. The molecular formula is C60H56ClN3O7. The van der Waals surface area contributed by atoms with Gasteiger partial charge in [0.2, 0.25) is 5.91 Å². The molecule has 10 nitrogen and oxygen atoms in total. The number of halogens is 1. The fourth-order valence-electron chi connectivity index (χ4n) is 8.61. The number of piperidine rings is 1. The molecule has 0 aromatic heterocycles. The van der Waals surface area contributed by atoms with E-state index in [0.29, 0.717) is 71.2 Å². The zero-order valence-electron chi connectivity index (χ0n) is 40.2. The van der Waals surface area contributed by atoms with Crippen LogP contribution in [0.4, 0.5) is 0 Å². The van der Waals surface area contributed by atoms with Gasteiger partial charge in [-0.2, -0.15) is 5.26 Å². The zero-order chi connectivity index (χ0) is 49.5. The number of nitrogens with zero attached hydrogens (tertiary/aromatic N) is 2. The molecule has 11 heteroatoms. The van der Waals surface area contributed by atoms with Gasteiger partial charge in [-0.1, -0.05) is 115 Å². The van der Waals surface area contributed by atoms with Crippen LogP contribution in [0.2, 0.25) is 5.02 Å². The molecule has 360 valence electrons. The van der Waals surface area contributed by atoms with Crippen molar-refractivity contribution < 1.29 is 33.3 Å². The molecule has 7 aromatic rings. The summed E-state index contributed by atoms with van der Waals surface area (Å²) < 4.78 is 29.9. The molecule has 1 N–H and O–H groups in total. The predicted molar refractivity (Wildman–Crippen MR) is 278 cm³/mol. The van der Waals surface area contributed by atoms with Crippen molar-refractivity contribution in [3.05, 3.63) is 213 Å². The molecule has 0 aliphatic carbocycles. The Morgan fingerprint density at radius 1 is 0.704 bits per heavy atom. The lowest BCUT2D eigenvalue weighted by Crippen LogP contribution is -2.48. The van der Waals surface area contributed by atoms with Crippen LogP contribution in [0.25, 0.3) is 17.2 Å². The summed E-state index contributed by atoms with van der Waals surface area (Å²) in [7, 11) is 3.17. The number of carbonyl (C=O) groups excluding carboxylic acids is 2. The van der Waals surface area contributed by atoms with E-state index in [9.17, 15) is 14.9 Å². The second kappa shape index (κ2) is 24.1. The first-order valence-corrected chi connectivity index (χ1v) is 24.0. The smallest absolute Gasteiger partial charge is 0.237 e. The first-order valence-electron chi connectivity index (χ1n) is 23.7. The maximum absolute atomic E-state index is 14.0.